The van der Waals surface area contributed by atoms with E-state index < -0.39 is 7.12 Å². The summed E-state index contributed by atoms with van der Waals surface area (Å²) >= 11 is 0. The van der Waals surface area contributed by atoms with Crippen LogP contribution >= 0.6 is 0 Å². The molecule has 0 radical (unpaired) electrons. The zero-order valence-corrected chi connectivity index (χ0v) is 15.5. The van der Waals surface area contributed by atoms with Gasteiger partial charge in [0.05, 0.1) is 7.11 Å². The van der Waals surface area contributed by atoms with Gasteiger partial charge in [-0.1, -0.05) is 82.7 Å². The fraction of sp³-hybridized carbons (Fsp3) is 0.842. The van der Waals surface area contributed by atoms with Gasteiger partial charge in [0.1, 0.15) is 0 Å². The van der Waals surface area contributed by atoms with Crippen molar-refractivity contribution >= 4 is 13.1 Å². The van der Waals surface area contributed by atoms with Gasteiger partial charge in [-0.05, 0) is 19.3 Å². The molecule has 0 saturated heterocycles. The predicted molar refractivity (Wildman–Crippen MR) is 101 cm³/mol. The van der Waals surface area contributed by atoms with Crippen molar-refractivity contribution in [3.63, 3.8) is 0 Å². The topological polar surface area (TPSA) is 66.8 Å². The number of hydrogen-bond donors (Lipinski definition) is 2. The van der Waals surface area contributed by atoms with Crippen molar-refractivity contribution in [3.05, 3.63) is 12.1 Å². The second-order valence-electron chi connectivity index (χ2n) is 6.55. The molecule has 0 aromatic heterocycles. The van der Waals surface area contributed by atoms with E-state index in [0.717, 1.165) is 25.7 Å². The molecule has 2 N–H and O–H groups in total. The van der Waals surface area contributed by atoms with Crippen molar-refractivity contribution in [1.82, 2.24) is 0 Å². The Bertz CT molecular complexity index is 306. The Morgan fingerprint density at radius 2 is 1.21 bits per heavy atom. The first-order valence-electron chi connectivity index (χ1n) is 9.76. The summed E-state index contributed by atoms with van der Waals surface area (Å²) in [6.07, 6.45) is 19.6. The Morgan fingerprint density at radius 1 is 0.792 bits per heavy atom. The molecule has 0 atom stereocenters. The van der Waals surface area contributed by atoms with E-state index in [1.54, 1.807) is 0 Å². The van der Waals surface area contributed by atoms with Gasteiger partial charge in [-0.3, -0.25) is 4.79 Å². The molecule has 0 spiro atoms. The number of unbranched alkanes of at least 4 members (excludes halogenated alkanes) is 13. The average molecular weight is 340 g/mol. The van der Waals surface area contributed by atoms with E-state index in [-0.39, 0.29) is 5.97 Å². The molecule has 5 heteroatoms. The maximum Gasteiger partial charge on any atom is 0.480 e. The third-order valence-corrected chi connectivity index (χ3v) is 4.29. The highest BCUT2D eigenvalue weighted by atomic mass is 16.5. The lowest BCUT2D eigenvalue weighted by atomic mass is 9.91. The first-order valence-corrected chi connectivity index (χ1v) is 9.76. The quantitative estimate of drug-likeness (QED) is 0.231. The molecule has 0 unspecified atom stereocenters. The molecule has 0 aliphatic heterocycles. The first kappa shape index (κ1) is 23.2. The number of carbonyl (C=O) groups is 1. The molecule has 0 aliphatic carbocycles. The largest absolute Gasteiger partial charge is 0.480 e. The molecule has 0 fully saturated rings. The Balaban J connectivity index is 3.06. The van der Waals surface area contributed by atoms with Gasteiger partial charge < -0.3 is 14.8 Å². The van der Waals surface area contributed by atoms with Gasteiger partial charge in [0.15, 0.2) is 0 Å². The Hall–Kier alpha value is -0.805. The summed E-state index contributed by atoms with van der Waals surface area (Å²) in [5.74, 6) is 1.34. The van der Waals surface area contributed by atoms with E-state index >= 15 is 0 Å². The minimum Gasteiger partial charge on any atom is -0.469 e. The number of allylic oxidation sites excluding steroid dienone is 1. The van der Waals surface area contributed by atoms with Crippen LogP contribution in [0.1, 0.15) is 96.3 Å². The highest BCUT2D eigenvalue weighted by Gasteiger charge is 1.99. The van der Waals surface area contributed by atoms with Crippen LogP contribution in [0.4, 0.5) is 0 Å². The van der Waals surface area contributed by atoms with Gasteiger partial charge in [0.25, 0.3) is 0 Å². The molecule has 0 bridgehead atoms. The Kier molecular flexibility index (Phi) is 17.9. The molecule has 140 valence electrons. The van der Waals surface area contributed by atoms with Crippen LogP contribution in [0.25, 0.3) is 0 Å². The molecule has 0 aromatic rings. The van der Waals surface area contributed by atoms with Gasteiger partial charge in [0.2, 0.25) is 0 Å². The molecule has 0 amide bonds. The minimum atomic E-state index is -1.30. The third-order valence-electron chi connectivity index (χ3n) is 4.29. The van der Waals surface area contributed by atoms with Crippen molar-refractivity contribution < 1.29 is 19.6 Å². The highest BCUT2D eigenvalue weighted by Crippen LogP contribution is 2.13. The standard InChI is InChI=1S/C19H37BO4/c1-24-19(21)17-15-13-11-9-7-5-3-2-4-6-8-10-12-14-16-18-20(22)23/h16,18,22-23H,2-15,17H2,1H3/b18-16+. The molecule has 0 aliphatic rings. The van der Waals surface area contributed by atoms with E-state index in [0.29, 0.717) is 6.42 Å². The maximum atomic E-state index is 10.9. The average Bonchev–Trinajstić information content (AvgIpc) is 2.57. The Labute approximate surface area is 148 Å². The number of ether oxygens (including phenoxy) is 1. The van der Waals surface area contributed by atoms with E-state index in [2.05, 4.69) is 4.74 Å². The fourth-order valence-electron chi connectivity index (χ4n) is 2.80. The zero-order valence-electron chi connectivity index (χ0n) is 15.5. The fourth-order valence-corrected chi connectivity index (χ4v) is 2.80. The van der Waals surface area contributed by atoms with Gasteiger partial charge in [-0.15, -0.1) is 0 Å². The number of methoxy groups -OCH3 is 1. The molecular formula is C19H37BO4. The summed E-state index contributed by atoms with van der Waals surface area (Å²) in [5, 5.41) is 17.3. The lowest BCUT2D eigenvalue weighted by Gasteiger charge is -2.03. The normalized spacial score (nSPS) is 11.1. The third kappa shape index (κ3) is 19.2. The minimum absolute atomic E-state index is 0.0876. The maximum absolute atomic E-state index is 10.9. The van der Waals surface area contributed by atoms with E-state index in [4.69, 9.17) is 10.0 Å². The Morgan fingerprint density at radius 3 is 1.62 bits per heavy atom. The van der Waals surface area contributed by atoms with Crippen LogP contribution in [-0.2, 0) is 9.53 Å². The summed E-state index contributed by atoms with van der Waals surface area (Å²) in [7, 11) is 0.148. The van der Waals surface area contributed by atoms with Crippen LogP contribution in [0.15, 0.2) is 12.1 Å². The summed E-state index contributed by atoms with van der Waals surface area (Å²) in [6, 6.07) is 0. The second kappa shape index (κ2) is 18.5. The summed E-state index contributed by atoms with van der Waals surface area (Å²) in [4.78, 5) is 10.9. The van der Waals surface area contributed by atoms with Gasteiger partial charge in [-0.2, -0.15) is 0 Å². The van der Waals surface area contributed by atoms with E-state index in [1.165, 1.54) is 77.3 Å². The van der Waals surface area contributed by atoms with Crippen molar-refractivity contribution in [3.8, 4) is 0 Å². The zero-order chi connectivity index (χ0) is 17.9. The number of rotatable bonds is 17. The van der Waals surface area contributed by atoms with Crippen molar-refractivity contribution in [2.24, 2.45) is 0 Å². The molecule has 0 rings (SSSR count). The molecule has 0 aromatic carbocycles. The van der Waals surface area contributed by atoms with Crippen LogP contribution in [0.2, 0.25) is 0 Å². The molecule has 0 heterocycles. The van der Waals surface area contributed by atoms with Crippen molar-refractivity contribution in [2.45, 2.75) is 96.3 Å². The summed E-state index contributed by atoms with van der Waals surface area (Å²) in [5.41, 5.74) is 0. The number of hydrogen-bond acceptors (Lipinski definition) is 4. The van der Waals surface area contributed by atoms with Gasteiger partial charge in [0, 0.05) is 6.42 Å². The molecule has 24 heavy (non-hydrogen) atoms. The monoisotopic (exact) mass is 340 g/mol. The van der Waals surface area contributed by atoms with Crippen molar-refractivity contribution in [2.75, 3.05) is 7.11 Å². The van der Waals surface area contributed by atoms with Crippen LogP contribution in [0, 0.1) is 0 Å². The smallest absolute Gasteiger partial charge is 0.469 e. The van der Waals surface area contributed by atoms with Crippen LogP contribution in [-0.4, -0.2) is 30.2 Å². The SMILES string of the molecule is COC(=O)CCCCCCCCCCCCCCC/C=C/B(O)O. The predicted octanol–water partition coefficient (Wildman–Crippen LogP) is 4.58. The second-order valence-corrected chi connectivity index (χ2v) is 6.55. The first-order chi connectivity index (χ1) is 11.7. The lowest BCUT2D eigenvalue weighted by molar-refractivity contribution is -0.140. The number of carbonyl (C=O) groups excluding carboxylic acids is 1. The molecule has 0 saturated carbocycles. The number of esters is 1. The van der Waals surface area contributed by atoms with Crippen molar-refractivity contribution in [1.29, 1.82) is 0 Å². The van der Waals surface area contributed by atoms with E-state index in [9.17, 15) is 4.79 Å². The highest BCUT2D eigenvalue weighted by molar-refractivity contribution is 6.47. The van der Waals surface area contributed by atoms with Crippen LogP contribution in [0.3, 0.4) is 0 Å². The van der Waals surface area contributed by atoms with Crippen LogP contribution in [0.5, 0.6) is 0 Å². The lowest BCUT2D eigenvalue weighted by Crippen LogP contribution is -2.05. The van der Waals surface area contributed by atoms with Gasteiger partial charge in [-0.25, -0.2) is 0 Å². The summed E-state index contributed by atoms with van der Waals surface area (Å²) < 4.78 is 4.62. The van der Waals surface area contributed by atoms with Crippen LogP contribution < -0.4 is 0 Å². The molecular weight excluding hydrogens is 303 g/mol. The summed E-state index contributed by atoms with van der Waals surface area (Å²) in [6.45, 7) is 0. The van der Waals surface area contributed by atoms with E-state index in [1.807, 2.05) is 6.08 Å². The van der Waals surface area contributed by atoms with Gasteiger partial charge >= 0.3 is 13.1 Å². The molecule has 4 nitrogen and oxygen atoms in total.